The van der Waals surface area contributed by atoms with E-state index in [1.807, 2.05) is 20.8 Å². The molecule has 0 aliphatic rings. The van der Waals surface area contributed by atoms with E-state index in [1.165, 1.54) is 53.4 Å². The number of nitrogens with one attached hydrogen (secondary N) is 1. The van der Waals surface area contributed by atoms with Gasteiger partial charge in [0.1, 0.15) is 18.4 Å². The molecule has 0 aliphatic heterocycles. The van der Waals surface area contributed by atoms with Gasteiger partial charge in [0, 0.05) is 22.1 Å². The number of carbonyl (C=O) groups excluding carboxylic acids is 2. The second kappa shape index (κ2) is 13.0. The molecule has 1 atom stereocenters. The SMILES string of the molecule is CC[C@H](C(=O)NC(C)(C)C)N(Cc1ccc(Cl)cc1Cl)C(=O)CN(c1ccccc1F)S(=O)(=O)c1ccccc1. The van der Waals surface area contributed by atoms with E-state index in [0.29, 0.717) is 10.6 Å². The standard InChI is InChI=1S/C29H32Cl2FN3O4S/c1-5-25(28(37)33-29(2,3)4)34(18-20-15-16-21(30)17-23(20)31)27(36)19-35(26-14-10-9-13-24(26)32)40(38,39)22-11-7-6-8-12-22/h6-17,25H,5,18-19H2,1-4H3,(H,33,37)/t25-/m1/s1. The van der Waals surface area contributed by atoms with Crippen molar-refractivity contribution in [3.05, 3.63) is 94.2 Å². The summed E-state index contributed by atoms with van der Waals surface area (Å²) in [6.07, 6.45) is 0.226. The van der Waals surface area contributed by atoms with E-state index >= 15 is 0 Å². The summed E-state index contributed by atoms with van der Waals surface area (Å²) in [4.78, 5) is 28.5. The van der Waals surface area contributed by atoms with Crippen molar-refractivity contribution in [1.29, 1.82) is 0 Å². The summed E-state index contributed by atoms with van der Waals surface area (Å²) < 4.78 is 43.2. The number of amides is 2. The third kappa shape index (κ3) is 7.74. The quantitative estimate of drug-likeness (QED) is 0.304. The molecule has 0 saturated heterocycles. The summed E-state index contributed by atoms with van der Waals surface area (Å²) in [5, 5.41) is 3.56. The van der Waals surface area contributed by atoms with Crippen LogP contribution in [0.15, 0.2) is 77.7 Å². The van der Waals surface area contributed by atoms with Crippen LogP contribution in [0.5, 0.6) is 0 Å². The average molecular weight is 609 g/mol. The van der Waals surface area contributed by atoms with Crippen LogP contribution in [0, 0.1) is 5.82 Å². The van der Waals surface area contributed by atoms with Gasteiger partial charge in [-0.25, -0.2) is 12.8 Å². The van der Waals surface area contributed by atoms with Gasteiger partial charge in [-0.2, -0.15) is 0 Å². The Labute approximate surface area is 244 Å². The molecule has 3 aromatic carbocycles. The van der Waals surface area contributed by atoms with Crippen LogP contribution >= 0.6 is 23.2 Å². The average Bonchev–Trinajstić information content (AvgIpc) is 2.88. The van der Waals surface area contributed by atoms with Gasteiger partial charge >= 0.3 is 0 Å². The molecule has 7 nitrogen and oxygen atoms in total. The number of anilines is 1. The zero-order valence-electron chi connectivity index (χ0n) is 22.7. The van der Waals surface area contributed by atoms with Gasteiger partial charge in [0.25, 0.3) is 10.0 Å². The summed E-state index contributed by atoms with van der Waals surface area (Å²) >= 11 is 12.5. The Morgan fingerprint density at radius 3 is 2.17 bits per heavy atom. The fourth-order valence-electron chi connectivity index (χ4n) is 4.09. The minimum atomic E-state index is -4.37. The molecule has 1 N–H and O–H groups in total. The fraction of sp³-hybridized carbons (Fsp3) is 0.310. The zero-order valence-corrected chi connectivity index (χ0v) is 25.0. The molecule has 0 aromatic heterocycles. The number of rotatable bonds is 10. The van der Waals surface area contributed by atoms with E-state index in [9.17, 15) is 22.4 Å². The Hall–Kier alpha value is -3.14. The van der Waals surface area contributed by atoms with E-state index in [-0.39, 0.29) is 28.6 Å². The molecule has 3 rings (SSSR count). The summed E-state index contributed by atoms with van der Waals surface area (Å²) in [5.74, 6) is -1.96. The van der Waals surface area contributed by atoms with Gasteiger partial charge in [-0.15, -0.1) is 0 Å². The van der Waals surface area contributed by atoms with Gasteiger partial charge in [-0.1, -0.05) is 66.5 Å². The number of benzene rings is 3. The van der Waals surface area contributed by atoms with Gasteiger partial charge in [0.15, 0.2) is 0 Å². The number of sulfonamides is 1. The Balaban J connectivity index is 2.10. The second-order valence-electron chi connectivity index (χ2n) is 10.2. The maximum Gasteiger partial charge on any atom is 0.264 e. The highest BCUT2D eigenvalue weighted by Gasteiger charge is 2.35. The molecule has 40 heavy (non-hydrogen) atoms. The van der Waals surface area contributed by atoms with Crippen molar-refractivity contribution in [2.45, 2.75) is 57.1 Å². The molecule has 0 fully saturated rings. The van der Waals surface area contributed by atoms with Crippen LogP contribution < -0.4 is 9.62 Å². The number of hydrogen-bond acceptors (Lipinski definition) is 4. The fourth-order valence-corrected chi connectivity index (χ4v) is 6.00. The van der Waals surface area contributed by atoms with Crippen molar-refractivity contribution in [1.82, 2.24) is 10.2 Å². The van der Waals surface area contributed by atoms with Gasteiger partial charge in [0.2, 0.25) is 11.8 Å². The van der Waals surface area contributed by atoms with Gasteiger partial charge in [0.05, 0.1) is 10.6 Å². The molecule has 11 heteroatoms. The van der Waals surface area contributed by atoms with Crippen LogP contribution in [0.25, 0.3) is 0 Å². The molecule has 214 valence electrons. The van der Waals surface area contributed by atoms with Gasteiger partial charge in [-0.05, 0) is 69.2 Å². The van der Waals surface area contributed by atoms with Crippen LogP contribution in [0.1, 0.15) is 39.7 Å². The first-order chi connectivity index (χ1) is 18.7. The van der Waals surface area contributed by atoms with Crippen molar-refractivity contribution in [3.8, 4) is 0 Å². The van der Waals surface area contributed by atoms with Crippen molar-refractivity contribution < 1.29 is 22.4 Å². The smallest absolute Gasteiger partial charge is 0.264 e. The van der Waals surface area contributed by atoms with E-state index in [2.05, 4.69) is 5.32 Å². The lowest BCUT2D eigenvalue weighted by Crippen LogP contribution is -2.55. The van der Waals surface area contributed by atoms with Crippen LogP contribution in [-0.2, 0) is 26.2 Å². The largest absolute Gasteiger partial charge is 0.350 e. The molecular formula is C29H32Cl2FN3O4S. The maximum absolute atomic E-state index is 15.0. The molecule has 0 saturated carbocycles. The monoisotopic (exact) mass is 607 g/mol. The molecule has 0 radical (unpaired) electrons. The number of hydrogen-bond donors (Lipinski definition) is 1. The number of carbonyl (C=O) groups is 2. The van der Waals surface area contributed by atoms with Crippen LogP contribution in [0.4, 0.5) is 10.1 Å². The third-order valence-electron chi connectivity index (χ3n) is 5.97. The van der Waals surface area contributed by atoms with Crippen molar-refractivity contribution >= 4 is 50.7 Å². The Morgan fingerprint density at radius 2 is 1.60 bits per heavy atom. The highest BCUT2D eigenvalue weighted by Crippen LogP contribution is 2.28. The zero-order chi connectivity index (χ0) is 29.7. The number of halogens is 3. The van der Waals surface area contributed by atoms with Crippen LogP contribution in [0.3, 0.4) is 0 Å². The highest BCUT2D eigenvalue weighted by atomic mass is 35.5. The topological polar surface area (TPSA) is 86.8 Å². The summed E-state index contributed by atoms with van der Waals surface area (Å²) in [6.45, 7) is 6.31. The first-order valence-electron chi connectivity index (χ1n) is 12.6. The van der Waals surface area contributed by atoms with E-state index in [0.717, 1.165) is 10.4 Å². The minimum Gasteiger partial charge on any atom is -0.350 e. The minimum absolute atomic E-state index is 0.110. The molecule has 0 aliphatic carbocycles. The van der Waals surface area contributed by atoms with Crippen molar-refractivity contribution in [3.63, 3.8) is 0 Å². The van der Waals surface area contributed by atoms with Gasteiger partial charge < -0.3 is 10.2 Å². The molecule has 0 spiro atoms. The maximum atomic E-state index is 15.0. The lowest BCUT2D eigenvalue weighted by atomic mass is 10.1. The predicted molar refractivity (Wildman–Crippen MR) is 156 cm³/mol. The first-order valence-corrected chi connectivity index (χ1v) is 14.8. The predicted octanol–water partition coefficient (Wildman–Crippen LogP) is 6.05. The summed E-state index contributed by atoms with van der Waals surface area (Å²) in [7, 11) is -4.37. The van der Waals surface area contributed by atoms with Gasteiger partial charge in [-0.3, -0.25) is 13.9 Å². The molecule has 0 heterocycles. The second-order valence-corrected chi connectivity index (χ2v) is 12.9. The molecule has 0 unspecified atom stereocenters. The number of para-hydroxylation sites is 1. The molecular weight excluding hydrogens is 576 g/mol. The molecule has 0 bridgehead atoms. The Bertz CT molecular complexity index is 1460. The van der Waals surface area contributed by atoms with Crippen molar-refractivity contribution in [2.75, 3.05) is 10.8 Å². The Kier molecular flexibility index (Phi) is 10.2. The van der Waals surface area contributed by atoms with E-state index < -0.39 is 45.8 Å². The van der Waals surface area contributed by atoms with E-state index in [1.54, 1.807) is 25.1 Å². The van der Waals surface area contributed by atoms with Crippen molar-refractivity contribution in [2.24, 2.45) is 0 Å². The van der Waals surface area contributed by atoms with Crippen LogP contribution in [-0.4, -0.2) is 43.3 Å². The molecule has 2 amide bonds. The number of nitrogens with zero attached hydrogens (tertiary/aromatic N) is 2. The summed E-state index contributed by atoms with van der Waals surface area (Å²) in [6, 6.07) is 16.5. The summed E-state index contributed by atoms with van der Waals surface area (Å²) in [5.41, 5.74) is -0.381. The normalized spacial score (nSPS) is 12.5. The lowest BCUT2D eigenvalue weighted by molar-refractivity contribution is -0.141. The third-order valence-corrected chi connectivity index (χ3v) is 8.33. The van der Waals surface area contributed by atoms with Crippen LogP contribution in [0.2, 0.25) is 10.0 Å². The lowest BCUT2D eigenvalue weighted by Gasteiger charge is -2.35. The first kappa shape index (κ1) is 31.4. The Morgan fingerprint density at radius 1 is 0.975 bits per heavy atom. The van der Waals surface area contributed by atoms with E-state index in [4.69, 9.17) is 23.2 Å². The molecule has 3 aromatic rings. The highest BCUT2D eigenvalue weighted by molar-refractivity contribution is 7.92.